The molecule has 0 saturated heterocycles. The minimum atomic E-state index is 0.497. The van der Waals surface area contributed by atoms with E-state index >= 15 is 0 Å². The van der Waals surface area contributed by atoms with Crippen molar-refractivity contribution in [3.05, 3.63) is 107 Å². The number of benzene rings is 2. The number of hydrogen-bond acceptors (Lipinski definition) is 6. The third kappa shape index (κ3) is 5.87. The van der Waals surface area contributed by atoms with Gasteiger partial charge in [-0.2, -0.15) is 5.26 Å². The molecule has 0 N–H and O–H groups in total. The SMILES string of the molecule is C/C=C/CCc1cnc(-c2ccc(C#N)cc2OC2=C=CCN=C(c3ccccc3)S2)nc1. The number of allylic oxidation sites excluding steroid dienone is 2. The minimum absolute atomic E-state index is 0.497. The van der Waals surface area contributed by atoms with Gasteiger partial charge in [-0.25, -0.2) is 9.97 Å². The van der Waals surface area contributed by atoms with E-state index < -0.39 is 0 Å². The molecule has 0 aliphatic carbocycles. The molecule has 0 fully saturated rings. The lowest BCUT2D eigenvalue weighted by Gasteiger charge is -2.13. The van der Waals surface area contributed by atoms with Crippen LogP contribution in [-0.4, -0.2) is 21.6 Å². The van der Waals surface area contributed by atoms with Crippen molar-refractivity contribution in [2.24, 2.45) is 4.99 Å². The lowest BCUT2D eigenvalue weighted by Crippen LogP contribution is -2.01. The number of aryl methyl sites for hydroxylation is 1. The lowest BCUT2D eigenvalue weighted by atomic mass is 10.1. The van der Waals surface area contributed by atoms with Crippen molar-refractivity contribution in [2.75, 3.05) is 6.54 Å². The molecule has 0 radical (unpaired) electrons. The van der Waals surface area contributed by atoms with Crippen molar-refractivity contribution in [3.8, 4) is 23.2 Å². The summed E-state index contributed by atoms with van der Waals surface area (Å²) in [7, 11) is 0. The molecule has 0 saturated carbocycles. The van der Waals surface area contributed by atoms with Gasteiger partial charge >= 0.3 is 0 Å². The van der Waals surface area contributed by atoms with Crippen molar-refractivity contribution in [1.82, 2.24) is 9.97 Å². The number of thioether (sulfide) groups is 1. The van der Waals surface area contributed by atoms with E-state index in [1.54, 1.807) is 12.1 Å². The Hall–Kier alpha value is -3.91. The molecule has 0 bridgehead atoms. The first-order valence-corrected chi connectivity index (χ1v) is 11.5. The summed E-state index contributed by atoms with van der Waals surface area (Å²) in [6.45, 7) is 2.53. The Labute approximate surface area is 197 Å². The van der Waals surface area contributed by atoms with Gasteiger partial charge < -0.3 is 4.74 Å². The molecule has 5 nitrogen and oxygen atoms in total. The molecule has 4 rings (SSSR count). The Morgan fingerprint density at radius 3 is 2.73 bits per heavy atom. The van der Waals surface area contributed by atoms with E-state index in [2.05, 4.69) is 32.8 Å². The van der Waals surface area contributed by atoms with Gasteiger partial charge in [-0.1, -0.05) is 48.2 Å². The molecule has 1 aliphatic rings. The molecular weight excluding hydrogens is 428 g/mol. The molecule has 2 aromatic carbocycles. The van der Waals surface area contributed by atoms with E-state index in [1.807, 2.05) is 67.9 Å². The summed E-state index contributed by atoms with van der Waals surface area (Å²) >= 11 is 1.40. The molecule has 3 aromatic rings. The highest BCUT2D eigenvalue weighted by molar-refractivity contribution is 8.17. The van der Waals surface area contributed by atoms with Gasteiger partial charge in [0.2, 0.25) is 5.09 Å². The summed E-state index contributed by atoms with van der Waals surface area (Å²) in [5, 5.41) is 10.8. The van der Waals surface area contributed by atoms with Gasteiger partial charge in [0.1, 0.15) is 10.8 Å². The zero-order valence-electron chi connectivity index (χ0n) is 18.2. The predicted molar refractivity (Wildman–Crippen MR) is 133 cm³/mol. The third-order valence-electron chi connectivity index (χ3n) is 4.85. The Morgan fingerprint density at radius 2 is 1.97 bits per heavy atom. The van der Waals surface area contributed by atoms with Gasteiger partial charge in [-0.15, -0.1) is 0 Å². The van der Waals surface area contributed by atoms with Crippen LogP contribution in [0.1, 0.15) is 30.0 Å². The topological polar surface area (TPSA) is 71.2 Å². The number of nitrogens with zero attached hydrogens (tertiary/aromatic N) is 4. The van der Waals surface area contributed by atoms with Crippen LogP contribution < -0.4 is 4.74 Å². The van der Waals surface area contributed by atoms with Crippen LogP contribution in [0, 0.1) is 11.3 Å². The molecule has 162 valence electrons. The van der Waals surface area contributed by atoms with E-state index in [-0.39, 0.29) is 0 Å². The molecule has 2 heterocycles. The van der Waals surface area contributed by atoms with Gasteiger partial charge in [0, 0.05) is 18.0 Å². The van der Waals surface area contributed by atoms with Gasteiger partial charge in [-0.05, 0) is 61.4 Å². The van der Waals surface area contributed by atoms with E-state index in [4.69, 9.17) is 4.74 Å². The van der Waals surface area contributed by atoms with Crippen molar-refractivity contribution in [2.45, 2.75) is 19.8 Å². The molecular formula is C27H22N4OS. The van der Waals surface area contributed by atoms with Crippen LogP contribution in [0.25, 0.3) is 11.4 Å². The van der Waals surface area contributed by atoms with Crippen LogP contribution in [0.2, 0.25) is 0 Å². The first-order chi connectivity index (χ1) is 16.3. The van der Waals surface area contributed by atoms with Gasteiger partial charge in [-0.3, -0.25) is 4.99 Å². The zero-order chi connectivity index (χ0) is 22.9. The fraction of sp³-hybridized carbons (Fsp3) is 0.148. The highest BCUT2D eigenvalue weighted by Gasteiger charge is 2.16. The van der Waals surface area contributed by atoms with Gasteiger partial charge in [0.25, 0.3) is 0 Å². The summed E-state index contributed by atoms with van der Waals surface area (Å²) < 4.78 is 6.24. The smallest absolute Gasteiger partial charge is 0.210 e. The van der Waals surface area contributed by atoms with Crippen LogP contribution in [0.3, 0.4) is 0 Å². The molecule has 0 unspecified atom stereocenters. The number of nitriles is 1. The molecule has 0 atom stereocenters. The number of aliphatic imine (C=N–C) groups is 1. The van der Waals surface area contributed by atoms with Crippen molar-refractivity contribution in [3.63, 3.8) is 0 Å². The normalized spacial score (nSPS) is 13.2. The lowest BCUT2D eigenvalue weighted by molar-refractivity contribution is 0.469. The Bertz CT molecular complexity index is 1280. The number of rotatable bonds is 7. The largest absolute Gasteiger partial charge is 0.442 e. The number of ether oxygens (including phenoxy) is 1. The summed E-state index contributed by atoms with van der Waals surface area (Å²) in [5.74, 6) is 1.05. The van der Waals surface area contributed by atoms with E-state index in [0.29, 0.717) is 34.3 Å². The second kappa shape index (κ2) is 11.1. The highest BCUT2D eigenvalue weighted by Crippen LogP contribution is 2.33. The predicted octanol–water partition coefficient (Wildman–Crippen LogP) is 6.09. The van der Waals surface area contributed by atoms with E-state index in [9.17, 15) is 5.26 Å². The van der Waals surface area contributed by atoms with E-state index in [0.717, 1.165) is 29.0 Å². The van der Waals surface area contributed by atoms with Crippen LogP contribution in [0.4, 0.5) is 0 Å². The molecule has 1 aromatic heterocycles. The average Bonchev–Trinajstić information content (AvgIpc) is 3.11. The first-order valence-electron chi connectivity index (χ1n) is 10.6. The maximum Gasteiger partial charge on any atom is 0.210 e. The highest BCUT2D eigenvalue weighted by atomic mass is 32.2. The van der Waals surface area contributed by atoms with E-state index in [1.165, 1.54) is 11.8 Å². The fourth-order valence-electron chi connectivity index (χ4n) is 3.19. The molecule has 0 amide bonds. The van der Waals surface area contributed by atoms with Crippen molar-refractivity contribution in [1.29, 1.82) is 5.26 Å². The monoisotopic (exact) mass is 450 g/mol. The Morgan fingerprint density at radius 1 is 1.15 bits per heavy atom. The summed E-state index contributed by atoms with van der Waals surface area (Å²) in [6.07, 6.45) is 11.5. The van der Waals surface area contributed by atoms with Gasteiger partial charge in [0.15, 0.2) is 5.82 Å². The zero-order valence-corrected chi connectivity index (χ0v) is 19.0. The first kappa shape index (κ1) is 22.3. The van der Waals surface area contributed by atoms with Crippen LogP contribution in [-0.2, 0) is 6.42 Å². The Balaban J connectivity index is 1.60. The molecule has 33 heavy (non-hydrogen) atoms. The standard InChI is InChI=1S/C27H22N4OS/c1-2-3-5-9-21-18-30-26(31-19-21)23-14-13-20(17-28)16-24(23)32-25-12-8-15-29-27(33-25)22-10-6-4-7-11-22/h2-4,6-8,10-11,13-14,16,18-19H,5,9,15H2,1H3/b3-2+. The molecule has 0 spiro atoms. The van der Waals surface area contributed by atoms with Crippen LogP contribution in [0.15, 0.2) is 95.0 Å². The van der Waals surface area contributed by atoms with Crippen LogP contribution >= 0.6 is 11.8 Å². The minimum Gasteiger partial charge on any atom is -0.442 e. The molecule has 1 aliphatic heterocycles. The summed E-state index contributed by atoms with van der Waals surface area (Å²) in [4.78, 5) is 13.7. The second-order valence-electron chi connectivity index (χ2n) is 7.20. The summed E-state index contributed by atoms with van der Waals surface area (Å²) in [6, 6.07) is 17.4. The number of aromatic nitrogens is 2. The maximum absolute atomic E-state index is 9.41. The average molecular weight is 451 g/mol. The van der Waals surface area contributed by atoms with Crippen LogP contribution in [0.5, 0.6) is 5.75 Å². The summed E-state index contributed by atoms with van der Waals surface area (Å²) in [5.41, 5.74) is 6.47. The molecule has 6 heteroatoms. The van der Waals surface area contributed by atoms with Crippen molar-refractivity contribution < 1.29 is 4.74 Å². The third-order valence-corrected chi connectivity index (χ3v) is 5.80. The Kier molecular flexibility index (Phi) is 7.50. The fourth-order valence-corrected chi connectivity index (χ4v) is 4.03. The number of hydrogen-bond donors (Lipinski definition) is 0. The van der Waals surface area contributed by atoms with Gasteiger partial charge in [0.05, 0.1) is 23.7 Å². The second-order valence-corrected chi connectivity index (χ2v) is 8.16. The van der Waals surface area contributed by atoms with Crippen molar-refractivity contribution >= 4 is 16.8 Å². The quantitative estimate of drug-likeness (QED) is 0.322. The maximum atomic E-state index is 9.41.